The first-order valence-corrected chi connectivity index (χ1v) is 27.6. The number of hydrogen-bond donors (Lipinski definition) is 0. The number of anilines is 12. The number of para-hydroxylation sites is 6. The zero-order valence-electron chi connectivity index (χ0n) is 45.0. The average molecular weight is 1050 g/mol. The van der Waals surface area contributed by atoms with E-state index in [1.165, 1.54) is 0 Å². The van der Waals surface area contributed by atoms with Crippen LogP contribution in [0.1, 0.15) is 0 Å². The Morgan fingerprint density at radius 1 is 0.171 bits per heavy atom. The van der Waals surface area contributed by atoms with Gasteiger partial charge in [0.15, 0.2) is 0 Å². The van der Waals surface area contributed by atoms with Crippen molar-refractivity contribution in [2.75, 3.05) is 19.6 Å². The molecule has 13 rings (SSSR count). The summed E-state index contributed by atoms with van der Waals surface area (Å²) in [5.74, 6) is 0. The van der Waals surface area contributed by atoms with Crippen LogP contribution in [0.15, 0.2) is 340 Å². The predicted octanol–water partition coefficient (Wildman–Crippen LogP) is 21.0. The van der Waals surface area contributed by atoms with Crippen LogP contribution >= 0.6 is 0 Å². The van der Waals surface area contributed by atoms with Crippen molar-refractivity contribution in [2.24, 2.45) is 0 Å². The molecule has 13 aromatic rings. The van der Waals surface area contributed by atoms with E-state index in [2.05, 4.69) is 347 Å². The summed E-state index contributed by atoms with van der Waals surface area (Å²) in [7, 11) is 0. The first-order valence-electron chi connectivity index (χ1n) is 27.6. The van der Waals surface area contributed by atoms with Gasteiger partial charge < -0.3 is 19.6 Å². The van der Waals surface area contributed by atoms with Gasteiger partial charge in [-0.05, 0) is 145 Å². The van der Waals surface area contributed by atoms with Crippen LogP contribution in [0.25, 0.3) is 44.8 Å². The summed E-state index contributed by atoms with van der Waals surface area (Å²) in [5.41, 5.74) is 20.7. The van der Waals surface area contributed by atoms with Gasteiger partial charge in [-0.25, -0.2) is 0 Å². The summed E-state index contributed by atoms with van der Waals surface area (Å²) < 4.78 is 0. The SMILES string of the molecule is c1ccc(-c2ccccc2N(c2ccc(-c3nccnc3-c3ccc(N(c4ccc(N(c5ccccc5)c5ccccc5)cc4)c4ccccc4-c4ccccc4)cc3)cc2)c2ccc(N(c3ccccc3)c3ccccc3)cc2)cc1. The van der Waals surface area contributed by atoms with Gasteiger partial charge >= 0.3 is 0 Å². The van der Waals surface area contributed by atoms with Gasteiger partial charge in [-0.15, -0.1) is 0 Å². The molecule has 1 aromatic heterocycles. The monoisotopic (exact) mass is 1050 g/mol. The minimum atomic E-state index is 0.799. The van der Waals surface area contributed by atoms with Crippen molar-refractivity contribution in [3.63, 3.8) is 0 Å². The van der Waals surface area contributed by atoms with Crippen molar-refractivity contribution in [2.45, 2.75) is 0 Å². The van der Waals surface area contributed by atoms with E-state index in [4.69, 9.17) is 9.97 Å². The van der Waals surface area contributed by atoms with E-state index in [0.29, 0.717) is 0 Å². The lowest BCUT2D eigenvalue weighted by Gasteiger charge is -2.30. The van der Waals surface area contributed by atoms with E-state index in [0.717, 1.165) is 113 Å². The third kappa shape index (κ3) is 10.5. The second kappa shape index (κ2) is 23.5. The lowest BCUT2D eigenvalue weighted by Crippen LogP contribution is -2.13. The largest absolute Gasteiger partial charge is 0.311 e. The zero-order valence-corrected chi connectivity index (χ0v) is 45.0. The molecule has 82 heavy (non-hydrogen) atoms. The van der Waals surface area contributed by atoms with Crippen LogP contribution in [-0.2, 0) is 0 Å². The highest BCUT2D eigenvalue weighted by Crippen LogP contribution is 2.46. The number of benzene rings is 12. The Kier molecular flexibility index (Phi) is 14.4. The molecule has 0 bridgehead atoms. The molecule has 0 aliphatic rings. The highest BCUT2D eigenvalue weighted by atomic mass is 15.2. The maximum absolute atomic E-state index is 5.01. The molecule has 0 N–H and O–H groups in total. The van der Waals surface area contributed by atoms with Crippen LogP contribution in [0.3, 0.4) is 0 Å². The molecule has 0 radical (unpaired) electrons. The molecule has 390 valence electrons. The van der Waals surface area contributed by atoms with E-state index in [1.807, 2.05) is 0 Å². The van der Waals surface area contributed by atoms with Crippen molar-refractivity contribution >= 4 is 68.2 Å². The second-order valence-electron chi connectivity index (χ2n) is 19.8. The first-order chi connectivity index (χ1) is 40.7. The lowest BCUT2D eigenvalue weighted by atomic mass is 10.00. The van der Waals surface area contributed by atoms with Crippen LogP contribution in [0.2, 0.25) is 0 Å². The molecule has 0 saturated carbocycles. The molecule has 1 heterocycles. The highest BCUT2D eigenvalue weighted by molar-refractivity contribution is 5.92. The van der Waals surface area contributed by atoms with Crippen LogP contribution in [0, 0.1) is 0 Å². The third-order valence-electron chi connectivity index (χ3n) is 14.7. The molecule has 0 amide bonds. The summed E-state index contributed by atoms with van der Waals surface area (Å²) in [4.78, 5) is 19.3. The molecule has 0 atom stereocenters. The van der Waals surface area contributed by atoms with Gasteiger partial charge in [-0.1, -0.05) is 194 Å². The minimum Gasteiger partial charge on any atom is -0.311 e. The van der Waals surface area contributed by atoms with Crippen molar-refractivity contribution in [3.8, 4) is 44.8 Å². The average Bonchev–Trinajstić information content (AvgIpc) is 3.64. The van der Waals surface area contributed by atoms with E-state index in [1.54, 1.807) is 12.4 Å². The Morgan fingerprint density at radius 3 is 0.683 bits per heavy atom. The molecule has 0 aliphatic heterocycles. The lowest BCUT2D eigenvalue weighted by molar-refractivity contribution is 1.20. The second-order valence-corrected chi connectivity index (χ2v) is 19.8. The quantitative estimate of drug-likeness (QED) is 0.0960. The summed E-state index contributed by atoms with van der Waals surface area (Å²) in [6.45, 7) is 0. The Balaban J connectivity index is 0.855. The molecule has 0 saturated heterocycles. The van der Waals surface area contributed by atoms with E-state index < -0.39 is 0 Å². The van der Waals surface area contributed by atoms with Crippen LogP contribution < -0.4 is 19.6 Å². The smallest absolute Gasteiger partial charge is 0.0965 e. The fraction of sp³-hybridized carbons (Fsp3) is 0. The number of nitrogens with zero attached hydrogens (tertiary/aromatic N) is 6. The Morgan fingerprint density at radius 2 is 0.390 bits per heavy atom. The number of rotatable bonds is 16. The van der Waals surface area contributed by atoms with Gasteiger partial charge in [0.25, 0.3) is 0 Å². The molecular weight excluding hydrogens is 997 g/mol. The Bertz CT molecular complexity index is 3810. The Hall–Kier alpha value is -11.1. The number of hydrogen-bond acceptors (Lipinski definition) is 6. The molecular formula is C76H56N6. The molecule has 0 unspecified atom stereocenters. The molecule has 0 fully saturated rings. The maximum Gasteiger partial charge on any atom is 0.0965 e. The van der Waals surface area contributed by atoms with Gasteiger partial charge in [-0.2, -0.15) is 0 Å². The van der Waals surface area contributed by atoms with Gasteiger partial charge in [-0.3, -0.25) is 9.97 Å². The van der Waals surface area contributed by atoms with Crippen molar-refractivity contribution in [3.05, 3.63) is 340 Å². The fourth-order valence-electron chi connectivity index (χ4n) is 10.9. The summed E-state index contributed by atoms with van der Waals surface area (Å²) in [5, 5.41) is 0. The van der Waals surface area contributed by atoms with Crippen molar-refractivity contribution < 1.29 is 0 Å². The fourth-order valence-corrected chi connectivity index (χ4v) is 10.9. The molecule has 0 aliphatic carbocycles. The van der Waals surface area contributed by atoms with Crippen molar-refractivity contribution in [1.29, 1.82) is 0 Å². The summed E-state index contributed by atoms with van der Waals surface area (Å²) in [6.07, 6.45) is 3.56. The molecule has 6 heteroatoms. The van der Waals surface area contributed by atoms with Gasteiger partial charge in [0, 0.05) is 91.5 Å². The van der Waals surface area contributed by atoms with Crippen LogP contribution in [-0.4, -0.2) is 9.97 Å². The molecule has 0 spiro atoms. The standard InChI is InChI=1S/C76H56N6/c1-7-23-57(24-8-1)71-35-19-21-37-73(71)81(69-51-47-65(48-52-69)79(61-27-11-3-12-28-61)62-29-13-4-14-30-62)67-43-39-59(40-44-67)75-76(78-56-55-77-75)60-41-45-68(46-42-60)82(74-38-22-20-36-72(74)58-25-9-2-10-26-58)70-53-49-66(50-54-70)80(63-31-15-5-16-32-63)64-33-17-6-18-34-64/h1-56H. The van der Waals surface area contributed by atoms with Gasteiger partial charge in [0.05, 0.1) is 22.8 Å². The maximum atomic E-state index is 5.01. The van der Waals surface area contributed by atoms with E-state index in [9.17, 15) is 0 Å². The number of aromatic nitrogens is 2. The summed E-state index contributed by atoms with van der Waals surface area (Å²) >= 11 is 0. The predicted molar refractivity (Wildman–Crippen MR) is 343 cm³/mol. The van der Waals surface area contributed by atoms with Crippen LogP contribution in [0.5, 0.6) is 0 Å². The van der Waals surface area contributed by atoms with Gasteiger partial charge in [0.2, 0.25) is 0 Å². The van der Waals surface area contributed by atoms with Crippen LogP contribution in [0.4, 0.5) is 68.2 Å². The minimum absolute atomic E-state index is 0.799. The Labute approximate surface area is 480 Å². The normalized spacial score (nSPS) is 10.9. The molecule has 6 nitrogen and oxygen atoms in total. The highest BCUT2D eigenvalue weighted by Gasteiger charge is 2.22. The first kappa shape index (κ1) is 50.4. The van der Waals surface area contributed by atoms with Gasteiger partial charge in [0.1, 0.15) is 0 Å². The summed E-state index contributed by atoms with van der Waals surface area (Å²) in [6, 6.07) is 116. The molecule has 12 aromatic carbocycles. The van der Waals surface area contributed by atoms with Crippen molar-refractivity contribution in [1.82, 2.24) is 9.97 Å². The zero-order chi connectivity index (χ0) is 54.9. The van der Waals surface area contributed by atoms with E-state index in [-0.39, 0.29) is 0 Å². The third-order valence-corrected chi connectivity index (χ3v) is 14.7. The topological polar surface area (TPSA) is 38.7 Å². The van der Waals surface area contributed by atoms with E-state index >= 15 is 0 Å².